The Labute approximate surface area is 116 Å². The molecule has 3 rings (SSSR count). The SMILES string of the molecule is CC(C)(C)c1ccc(C(Cl)C2CC3CC3C2)cc1. The summed E-state index contributed by atoms with van der Waals surface area (Å²) in [5.41, 5.74) is 2.94. The first-order chi connectivity index (χ1) is 8.45. The molecule has 0 spiro atoms. The van der Waals surface area contributed by atoms with E-state index in [4.69, 9.17) is 11.6 Å². The average Bonchev–Trinajstić information content (AvgIpc) is 2.94. The molecule has 0 heterocycles. The molecule has 0 bridgehead atoms. The Morgan fingerprint density at radius 3 is 2.06 bits per heavy atom. The molecule has 2 saturated carbocycles. The van der Waals surface area contributed by atoms with Crippen molar-refractivity contribution in [3.63, 3.8) is 0 Å². The Morgan fingerprint density at radius 2 is 1.56 bits per heavy atom. The number of halogens is 1. The Balaban J connectivity index is 1.72. The van der Waals surface area contributed by atoms with Gasteiger partial charge in [-0.05, 0) is 53.6 Å². The Morgan fingerprint density at radius 1 is 1.00 bits per heavy atom. The van der Waals surface area contributed by atoms with E-state index in [-0.39, 0.29) is 10.8 Å². The molecule has 0 aromatic heterocycles. The van der Waals surface area contributed by atoms with Gasteiger partial charge >= 0.3 is 0 Å². The summed E-state index contributed by atoms with van der Waals surface area (Å²) >= 11 is 6.66. The van der Waals surface area contributed by atoms with Crippen LogP contribution in [0, 0.1) is 17.8 Å². The average molecular weight is 263 g/mol. The van der Waals surface area contributed by atoms with E-state index in [1.54, 1.807) is 0 Å². The van der Waals surface area contributed by atoms with Gasteiger partial charge < -0.3 is 0 Å². The highest BCUT2D eigenvalue weighted by molar-refractivity contribution is 6.21. The molecule has 0 amide bonds. The zero-order valence-electron chi connectivity index (χ0n) is 11.6. The van der Waals surface area contributed by atoms with Crippen molar-refractivity contribution in [3.8, 4) is 0 Å². The second-order valence-corrected chi connectivity index (χ2v) is 7.73. The van der Waals surface area contributed by atoms with E-state index in [1.165, 1.54) is 30.4 Å². The molecule has 1 aromatic rings. The first-order valence-electron chi connectivity index (χ1n) is 7.19. The molecule has 2 aliphatic carbocycles. The first-order valence-corrected chi connectivity index (χ1v) is 7.63. The molecule has 0 radical (unpaired) electrons. The minimum Gasteiger partial charge on any atom is -0.118 e. The Bertz CT molecular complexity index is 416. The minimum atomic E-state index is 0.229. The summed E-state index contributed by atoms with van der Waals surface area (Å²) < 4.78 is 0. The van der Waals surface area contributed by atoms with Crippen molar-refractivity contribution in [1.82, 2.24) is 0 Å². The van der Waals surface area contributed by atoms with Crippen LogP contribution in [0.1, 0.15) is 56.5 Å². The summed E-state index contributed by atoms with van der Waals surface area (Å²) in [4.78, 5) is 0. The molecule has 3 unspecified atom stereocenters. The fraction of sp³-hybridized carbons (Fsp3) is 0.647. The summed E-state index contributed by atoms with van der Waals surface area (Å²) in [6, 6.07) is 8.98. The van der Waals surface area contributed by atoms with Crippen molar-refractivity contribution in [1.29, 1.82) is 0 Å². The summed E-state index contributed by atoms with van der Waals surface area (Å²) in [5, 5.41) is 0.229. The smallest absolute Gasteiger partial charge is 0.0613 e. The zero-order chi connectivity index (χ0) is 12.9. The molecule has 0 N–H and O–H groups in total. The van der Waals surface area contributed by atoms with Gasteiger partial charge in [0.2, 0.25) is 0 Å². The van der Waals surface area contributed by atoms with Crippen LogP contribution < -0.4 is 0 Å². The summed E-state index contributed by atoms with van der Waals surface area (Å²) in [7, 11) is 0. The van der Waals surface area contributed by atoms with Crippen LogP contribution in [0.25, 0.3) is 0 Å². The number of hydrogen-bond acceptors (Lipinski definition) is 0. The van der Waals surface area contributed by atoms with Gasteiger partial charge in [-0.25, -0.2) is 0 Å². The van der Waals surface area contributed by atoms with Gasteiger partial charge in [0, 0.05) is 0 Å². The lowest BCUT2D eigenvalue weighted by Crippen LogP contribution is -2.11. The van der Waals surface area contributed by atoms with Gasteiger partial charge in [0.25, 0.3) is 0 Å². The van der Waals surface area contributed by atoms with Crippen LogP contribution in [0.15, 0.2) is 24.3 Å². The van der Waals surface area contributed by atoms with E-state index in [2.05, 4.69) is 45.0 Å². The number of fused-ring (bicyclic) bond motifs is 1. The van der Waals surface area contributed by atoms with Gasteiger partial charge in [0.1, 0.15) is 0 Å². The number of hydrogen-bond donors (Lipinski definition) is 0. The second kappa shape index (κ2) is 4.27. The molecule has 18 heavy (non-hydrogen) atoms. The molecule has 3 atom stereocenters. The minimum absolute atomic E-state index is 0.229. The van der Waals surface area contributed by atoms with Gasteiger partial charge in [0.05, 0.1) is 5.38 Å². The maximum atomic E-state index is 6.66. The van der Waals surface area contributed by atoms with E-state index in [9.17, 15) is 0 Å². The van der Waals surface area contributed by atoms with E-state index < -0.39 is 0 Å². The molecule has 2 aliphatic rings. The van der Waals surface area contributed by atoms with Crippen molar-refractivity contribution in [2.75, 3.05) is 0 Å². The largest absolute Gasteiger partial charge is 0.118 e. The van der Waals surface area contributed by atoms with Crippen molar-refractivity contribution >= 4 is 11.6 Å². The van der Waals surface area contributed by atoms with Crippen LogP contribution in [-0.4, -0.2) is 0 Å². The lowest BCUT2D eigenvalue weighted by atomic mass is 9.85. The highest BCUT2D eigenvalue weighted by atomic mass is 35.5. The van der Waals surface area contributed by atoms with Gasteiger partial charge in [-0.1, -0.05) is 45.0 Å². The molecule has 98 valence electrons. The molecule has 2 fully saturated rings. The maximum absolute atomic E-state index is 6.66. The lowest BCUT2D eigenvalue weighted by molar-refractivity contribution is 0.471. The summed E-state index contributed by atoms with van der Waals surface area (Å²) in [6.45, 7) is 6.76. The highest BCUT2D eigenvalue weighted by Crippen LogP contribution is 2.58. The number of benzene rings is 1. The molecule has 0 aliphatic heterocycles. The standard InChI is InChI=1S/C17H23Cl/c1-17(2,3)15-6-4-11(5-7-15)16(18)14-9-12-8-13(12)10-14/h4-7,12-14,16H,8-10H2,1-3H3. The zero-order valence-corrected chi connectivity index (χ0v) is 12.4. The van der Waals surface area contributed by atoms with Crippen molar-refractivity contribution in [3.05, 3.63) is 35.4 Å². The predicted molar refractivity (Wildman–Crippen MR) is 78.1 cm³/mol. The molecule has 1 aromatic carbocycles. The predicted octanol–water partition coefficient (Wildman–Crippen LogP) is 5.31. The van der Waals surface area contributed by atoms with Gasteiger partial charge in [0.15, 0.2) is 0 Å². The molecule has 0 nitrogen and oxygen atoms in total. The van der Waals surface area contributed by atoms with Crippen LogP contribution in [0.3, 0.4) is 0 Å². The van der Waals surface area contributed by atoms with Crippen molar-refractivity contribution in [2.45, 2.75) is 50.8 Å². The Kier molecular flexibility index (Phi) is 2.97. The molecule has 1 heteroatoms. The van der Waals surface area contributed by atoms with Gasteiger partial charge in [-0.3, -0.25) is 0 Å². The summed E-state index contributed by atoms with van der Waals surface area (Å²) in [6.07, 6.45) is 4.20. The van der Waals surface area contributed by atoms with Crippen LogP contribution in [0.4, 0.5) is 0 Å². The Hall–Kier alpha value is -0.490. The van der Waals surface area contributed by atoms with E-state index in [0.29, 0.717) is 0 Å². The van der Waals surface area contributed by atoms with Crippen LogP contribution in [0.2, 0.25) is 0 Å². The van der Waals surface area contributed by atoms with E-state index in [1.807, 2.05) is 0 Å². The molecular formula is C17H23Cl. The fourth-order valence-electron chi connectivity index (χ4n) is 3.44. The van der Waals surface area contributed by atoms with Gasteiger partial charge in [-0.15, -0.1) is 11.6 Å². The molecular weight excluding hydrogens is 240 g/mol. The maximum Gasteiger partial charge on any atom is 0.0613 e. The topological polar surface area (TPSA) is 0 Å². The first kappa shape index (κ1) is 12.5. The van der Waals surface area contributed by atoms with E-state index >= 15 is 0 Å². The van der Waals surface area contributed by atoms with Gasteiger partial charge in [-0.2, -0.15) is 0 Å². The second-order valence-electron chi connectivity index (χ2n) is 7.26. The number of alkyl halides is 1. The van der Waals surface area contributed by atoms with Crippen molar-refractivity contribution in [2.24, 2.45) is 17.8 Å². The van der Waals surface area contributed by atoms with Crippen LogP contribution in [0.5, 0.6) is 0 Å². The molecule has 0 saturated heterocycles. The summed E-state index contributed by atoms with van der Waals surface area (Å²) in [5.74, 6) is 2.76. The third-order valence-electron chi connectivity index (χ3n) is 4.79. The third-order valence-corrected chi connectivity index (χ3v) is 5.40. The van der Waals surface area contributed by atoms with Crippen LogP contribution in [-0.2, 0) is 5.41 Å². The monoisotopic (exact) mass is 262 g/mol. The fourth-order valence-corrected chi connectivity index (χ4v) is 3.79. The third kappa shape index (κ3) is 2.32. The van der Waals surface area contributed by atoms with Crippen LogP contribution >= 0.6 is 11.6 Å². The quantitative estimate of drug-likeness (QED) is 0.634. The van der Waals surface area contributed by atoms with E-state index in [0.717, 1.165) is 17.8 Å². The van der Waals surface area contributed by atoms with Crippen molar-refractivity contribution < 1.29 is 0 Å². The lowest BCUT2D eigenvalue weighted by Gasteiger charge is -2.22. The normalized spacial score (nSPS) is 32.1. The number of rotatable bonds is 2. The highest BCUT2D eigenvalue weighted by Gasteiger charge is 2.47.